The number of nitrogens with zero attached hydrogens (tertiary/aromatic N) is 1. The second kappa shape index (κ2) is 8.22. The summed E-state index contributed by atoms with van der Waals surface area (Å²) in [6.45, 7) is 2.67. The highest BCUT2D eigenvalue weighted by molar-refractivity contribution is 5.92. The van der Waals surface area contributed by atoms with Crippen molar-refractivity contribution in [1.29, 1.82) is 0 Å². The third-order valence-electron chi connectivity index (χ3n) is 4.17. The van der Waals surface area contributed by atoms with Crippen LogP contribution in [0.2, 0.25) is 0 Å². The van der Waals surface area contributed by atoms with Gasteiger partial charge in [-0.1, -0.05) is 18.2 Å². The average Bonchev–Trinajstić information content (AvgIpc) is 3.03. The Hall–Kier alpha value is -1.98. The van der Waals surface area contributed by atoms with E-state index in [1.807, 2.05) is 42.2 Å². The van der Waals surface area contributed by atoms with Gasteiger partial charge in [-0.25, -0.2) is 0 Å². The fourth-order valence-corrected chi connectivity index (χ4v) is 2.99. The lowest BCUT2D eigenvalue weighted by Crippen LogP contribution is -2.51. The zero-order chi connectivity index (χ0) is 16.2. The van der Waals surface area contributed by atoms with Crippen molar-refractivity contribution in [1.82, 2.24) is 4.90 Å². The molecule has 0 saturated carbocycles. The van der Waals surface area contributed by atoms with Gasteiger partial charge in [-0.15, -0.1) is 12.4 Å². The molecule has 1 aliphatic rings. The first kappa shape index (κ1) is 18.4. The van der Waals surface area contributed by atoms with Gasteiger partial charge in [0.05, 0.1) is 0 Å². The number of hydrogen-bond donors (Lipinski definition) is 1. The third kappa shape index (κ3) is 4.10. The van der Waals surface area contributed by atoms with Crippen LogP contribution in [0.4, 0.5) is 0 Å². The van der Waals surface area contributed by atoms with Crippen LogP contribution in [0.15, 0.2) is 46.9 Å². The van der Waals surface area contributed by atoms with Crippen molar-refractivity contribution in [2.24, 2.45) is 5.73 Å². The SMILES string of the molecule is CC(N)C1CCCCN1C(=O)c1ccc(Oc2ccccc2)o1.Cl. The molecule has 2 N–H and O–H groups in total. The van der Waals surface area contributed by atoms with Crippen LogP contribution in [0, 0.1) is 0 Å². The molecule has 1 fully saturated rings. The number of hydrogen-bond acceptors (Lipinski definition) is 4. The van der Waals surface area contributed by atoms with E-state index in [1.165, 1.54) is 0 Å². The summed E-state index contributed by atoms with van der Waals surface area (Å²) in [5.41, 5.74) is 6.03. The molecule has 2 aromatic rings. The van der Waals surface area contributed by atoms with Crippen LogP contribution in [0.25, 0.3) is 0 Å². The van der Waals surface area contributed by atoms with Gasteiger partial charge in [-0.05, 0) is 44.4 Å². The van der Waals surface area contributed by atoms with E-state index >= 15 is 0 Å². The molecule has 130 valence electrons. The van der Waals surface area contributed by atoms with Crippen molar-refractivity contribution < 1.29 is 13.9 Å². The minimum atomic E-state index is -0.116. The van der Waals surface area contributed by atoms with Gasteiger partial charge in [0.2, 0.25) is 0 Å². The molecule has 1 amide bonds. The highest BCUT2D eigenvalue weighted by atomic mass is 35.5. The molecule has 0 spiro atoms. The summed E-state index contributed by atoms with van der Waals surface area (Å²) in [6.07, 6.45) is 3.05. The van der Waals surface area contributed by atoms with E-state index in [0.29, 0.717) is 17.5 Å². The Kier molecular flexibility index (Phi) is 6.29. The van der Waals surface area contributed by atoms with Crippen LogP contribution in [0.1, 0.15) is 36.7 Å². The summed E-state index contributed by atoms with van der Waals surface area (Å²) in [7, 11) is 0. The number of nitrogens with two attached hydrogens (primary N) is 1. The minimum Gasteiger partial charge on any atom is -0.426 e. The lowest BCUT2D eigenvalue weighted by atomic mass is 9.96. The second-order valence-corrected chi connectivity index (χ2v) is 5.95. The quantitative estimate of drug-likeness (QED) is 0.909. The highest BCUT2D eigenvalue weighted by Crippen LogP contribution is 2.26. The minimum absolute atomic E-state index is 0. The first-order valence-electron chi connectivity index (χ1n) is 8.04. The number of piperidine rings is 1. The fraction of sp³-hybridized carbons (Fsp3) is 0.389. The summed E-state index contributed by atoms with van der Waals surface area (Å²) >= 11 is 0. The van der Waals surface area contributed by atoms with E-state index < -0.39 is 0 Å². The standard InChI is InChI=1S/C18H22N2O3.ClH/c1-13(19)15-9-5-6-12-20(15)18(21)16-10-11-17(23-16)22-14-7-3-2-4-8-14;/h2-4,7-8,10-11,13,15H,5-6,9,12,19H2,1H3;1H. The molecule has 1 aromatic heterocycles. The number of furan rings is 1. The van der Waals surface area contributed by atoms with Gasteiger partial charge < -0.3 is 19.8 Å². The van der Waals surface area contributed by atoms with Crippen molar-refractivity contribution in [3.63, 3.8) is 0 Å². The van der Waals surface area contributed by atoms with Crippen LogP contribution < -0.4 is 10.5 Å². The molecule has 0 aliphatic carbocycles. The van der Waals surface area contributed by atoms with Gasteiger partial charge in [0, 0.05) is 24.7 Å². The number of likely N-dealkylation sites (tertiary alicyclic amines) is 1. The van der Waals surface area contributed by atoms with Crippen molar-refractivity contribution in [3.05, 3.63) is 48.2 Å². The van der Waals surface area contributed by atoms with Crippen molar-refractivity contribution in [2.45, 2.75) is 38.3 Å². The molecular formula is C18H23ClN2O3. The van der Waals surface area contributed by atoms with Crippen LogP contribution >= 0.6 is 12.4 Å². The Morgan fingerprint density at radius 2 is 2.00 bits per heavy atom. The van der Waals surface area contributed by atoms with Crippen LogP contribution in [-0.4, -0.2) is 29.4 Å². The summed E-state index contributed by atoms with van der Waals surface area (Å²) < 4.78 is 11.2. The van der Waals surface area contributed by atoms with E-state index in [4.69, 9.17) is 14.9 Å². The zero-order valence-electron chi connectivity index (χ0n) is 13.7. The van der Waals surface area contributed by atoms with Gasteiger partial charge in [-0.3, -0.25) is 4.79 Å². The molecular weight excluding hydrogens is 328 g/mol. The second-order valence-electron chi connectivity index (χ2n) is 5.95. The van der Waals surface area contributed by atoms with E-state index in [2.05, 4.69) is 0 Å². The van der Waals surface area contributed by atoms with Gasteiger partial charge in [0.15, 0.2) is 5.76 Å². The Bertz CT molecular complexity index is 657. The molecule has 2 atom stereocenters. The lowest BCUT2D eigenvalue weighted by molar-refractivity contribution is 0.0547. The van der Waals surface area contributed by atoms with Crippen molar-refractivity contribution >= 4 is 18.3 Å². The summed E-state index contributed by atoms with van der Waals surface area (Å²) in [6, 6.07) is 12.7. The predicted octanol–water partition coefficient (Wildman–Crippen LogP) is 3.84. The smallest absolute Gasteiger partial charge is 0.290 e. The summed E-state index contributed by atoms with van der Waals surface area (Å²) in [5, 5.41) is 0. The van der Waals surface area contributed by atoms with E-state index in [-0.39, 0.29) is 30.4 Å². The van der Waals surface area contributed by atoms with Crippen LogP contribution in [0.3, 0.4) is 0 Å². The fourth-order valence-electron chi connectivity index (χ4n) is 2.99. The van der Waals surface area contributed by atoms with E-state index in [0.717, 1.165) is 25.8 Å². The topological polar surface area (TPSA) is 68.7 Å². The number of amides is 1. The van der Waals surface area contributed by atoms with Gasteiger partial charge in [0.1, 0.15) is 5.75 Å². The summed E-state index contributed by atoms with van der Waals surface area (Å²) in [4.78, 5) is 14.5. The van der Waals surface area contributed by atoms with Gasteiger partial charge in [0.25, 0.3) is 11.9 Å². The molecule has 1 aromatic carbocycles. The van der Waals surface area contributed by atoms with Gasteiger partial charge in [-0.2, -0.15) is 0 Å². The van der Waals surface area contributed by atoms with E-state index in [9.17, 15) is 4.79 Å². The number of carbonyl (C=O) groups is 1. The monoisotopic (exact) mass is 350 g/mol. The Morgan fingerprint density at radius 3 is 2.71 bits per heavy atom. The molecule has 1 aliphatic heterocycles. The number of benzene rings is 1. The van der Waals surface area contributed by atoms with Crippen LogP contribution in [0.5, 0.6) is 11.7 Å². The number of ether oxygens (including phenoxy) is 1. The normalized spacial score (nSPS) is 18.6. The van der Waals surface area contributed by atoms with Crippen molar-refractivity contribution in [2.75, 3.05) is 6.54 Å². The Labute approximate surface area is 148 Å². The number of rotatable bonds is 4. The largest absolute Gasteiger partial charge is 0.426 e. The maximum absolute atomic E-state index is 12.7. The van der Waals surface area contributed by atoms with E-state index in [1.54, 1.807) is 12.1 Å². The average molecular weight is 351 g/mol. The number of carbonyl (C=O) groups excluding carboxylic acids is 1. The molecule has 5 nitrogen and oxygen atoms in total. The molecule has 3 rings (SSSR count). The third-order valence-corrected chi connectivity index (χ3v) is 4.17. The molecule has 24 heavy (non-hydrogen) atoms. The lowest BCUT2D eigenvalue weighted by Gasteiger charge is -2.37. The predicted molar refractivity (Wildman–Crippen MR) is 94.8 cm³/mol. The maximum Gasteiger partial charge on any atom is 0.290 e. The zero-order valence-corrected chi connectivity index (χ0v) is 14.5. The molecule has 2 unspecified atom stereocenters. The Balaban J connectivity index is 0.00000208. The molecule has 1 saturated heterocycles. The number of halogens is 1. The molecule has 2 heterocycles. The van der Waals surface area contributed by atoms with Gasteiger partial charge >= 0.3 is 0 Å². The first-order valence-corrected chi connectivity index (χ1v) is 8.04. The van der Waals surface area contributed by atoms with Crippen LogP contribution in [-0.2, 0) is 0 Å². The highest BCUT2D eigenvalue weighted by Gasteiger charge is 2.31. The Morgan fingerprint density at radius 1 is 1.25 bits per heavy atom. The first-order chi connectivity index (χ1) is 11.1. The van der Waals surface area contributed by atoms with Crippen molar-refractivity contribution in [3.8, 4) is 11.7 Å². The molecule has 0 radical (unpaired) electrons. The summed E-state index contributed by atoms with van der Waals surface area (Å²) in [5.74, 6) is 1.17. The molecule has 0 bridgehead atoms. The maximum atomic E-state index is 12.7. The number of para-hydroxylation sites is 1. The molecule has 6 heteroatoms.